The highest BCUT2D eigenvalue weighted by Gasteiger charge is 2.24. The van der Waals surface area contributed by atoms with Crippen molar-refractivity contribution in [3.63, 3.8) is 0 Å². The first-order valence-electron chi connectivity index (χ1n) is 25.4. The average Bonchev–Trinajstić information content (AvgIpc) is 3.23. The average molecular weight is 828 g/mol. The third kappa shape index (κ3) is 42.3. The largest absolute Gasteiger partial charge is 0.462 e. The summed E-state index contributed by atoms with van der Waals surface area (Å²) in [6.45, 7) is 6.43. The van der Waals surface area contributed by atoms with Crippen LogP contribution >= 0.6 is 0 Å². The van der Waals surface area contributed by atoms with E-state index in [1.165, 1.54) is 135 Å². The minimum Gasteiger partial charge on any atom is -0.462 e. The molecule has 0 aliphatic rings. The number of hydrogen-bond acceptors (Lipinski definition) is 5. The number of ether oxygens (including phenoxy) is 1. The molecule has 3 atom stereocenters. The molecule has 344 valence electrons. The molecule has 6 heteroatoms. The molecule has 0 aromatic heterocycles. The van der Waals surface area contributed by atoms with E-state index in [0.29, 0.717) is 19.3 Å². The molecule has 0 aliphatic carbocycles. The normalized spacial score (nSPS) is 13.6. The predicted octanol–water partition coefficient (Wildman–Crippen LogP) is 15.1. The molecule has 0 rings (SSSR count). The van der Waals surface area contributed by atoms with E-state index in [0.717, 1.165) is 70.6 Å². The number of nitrogens with one attached hydrogen (secondary N) is 1. The zero-order chi connectivity index (χ0) is 43.1. The molecule has 0 saturated heterocycles. The second-order valence-corrected chi connectivity index (χ2v) is 17.2. The minimum atomic E-state index is -0.799. The predicted molar refractivity (Wildman–Crippen MR) is 255 cm³/mol. The SMILES string of the molecule is CCCCC/C=C\C/C=C\C/C=C\C/C=C\CCCC(CC(=O)NC(CO)C(O)CCCCCCCCCCCCC)OC(=O)CCCCCCCCCCCCCC. The van der Waals surface area contributed by atoms with Gasteiger partial charge in [-0.25, -0.2) is 0 Å². The van der Waals surface area contributed by atoms with E-state index in [2.05, 4.69) is 74.7 Å². The van der Waals surface area contributed by atoms with Gasteiger partial charge < -0.3 is 20.3 Å². The van der Waals surface area contributed by atoms with E-state index in [9.17, 15) is 19.8 Å². The van der Waals surface area contributed by atoms with Crippen LogP contribution in [0.5, 0.6) is 0 Å². The van der Waals surface area contributed by atoms with Crippen molar-refractivity contribution in [3.8, 4) is 0 Å². The van der Waals surface area contributed by atoms with E-state index in [4.69, 9.17) is 4.74 Å². The Morgan fingerprint density at radius 1 is 0.492 bits per heavy atom. The summed E-state index contributed by atoms with van der Waals surface area (Å²) in [7, 11) is 0. The molecular formula is C53H97NO5. The number of amides is 1. The van der Waals surface area contributed by atoms with E-state index in [-0.39, 0.29) is 24.9 Å². The molecule has 0 radical (unpaired) electrons. The molecule has 0 bridgehead atoms. The van der Waals surface area contributed by atoms with Crippen molar-refractivity contribution in [2.45, 2.75) is 270 Å². The van der Waals surface area contributed by atoms with Crippen LogP contribution in [0.3, 0.4) is 0 Å². The Morgan fingerprint density at radius 2 is 0.881 bits per heavy atom. The molecule has 0 heterocycles. The van der Waals surface area contributed by atoms with Crippen LogP contribution in [-0.4, -0.2) is 46.9 Å². The second kappa shape index (κ2) is 46.9. The lowest BCUT2D eigenvalue weighted by atomic mass is 10.0. The molecule has 0 aliphatic heterocycles. The Labute approximate surface area is 366 Å². The van der Waals surface area contributed by atoms with E-state index in [1.54, 1.807) is 0 Å². The monoisotopic (exact) mass is 828 g/mol. The summed E-state index contributed by atoms with van der Waals surface area (Å²) < 4.78 is 5.90. The van der Waals surface area contributed by atoms with Gasteiger partial charge in [0.1, 0.15) is 6.10 Å². The van der Waals surface area contributed by atoms with Crippen molar-refractivity contribution in [2.75, 3.05) is 6.61 Å². The van der Waals surface area contributed by atoms with Crippen LogP contribution < -0.4 is 5.32 Å². The van der Waals surface area contributed by atoms with Crippen molar-refractivity contribution in [2.24, 2.45) is 0 Å². The van der Waals surface area contributed by atoms with Crippen LogP contribution in [0.15, 0.2) is 48.6 Å². The van der Waals surface area contributed by atoms with Crippen LogP contribution in [0.2, 0.25) is 0 Å². The third-order valence-corrected chi connectivity index (χ3v) is 11.4. The first kappa shape index (κ1) is 56.8. The molecule has 0 spiro atoms. The van der Waals surface area contributed by atoms with E-state index < -0.39 is 18.2 Å². The van der Waals surface area contributed by atoms with Gasteiger partial charge in [-0.2, -0.15) is 0 Å². The Hall–Kier alpha value is -2.18. The van der Waals surface area contributed by atoms with Gasteiger partial charge in [0, 0.05) is 6.42 Å². The Bertz CT molecular complexity index is 1020. The second-order valence-electron chi connectivity index (χ2n) is 17.2. The van der Waals surface area contributed by atoms with Crippen molar-refractivity contribution in [3.05, 3.63) is 48.6 Å². The summed E-state index contributed by atoms with van der Waals surface area (Å²) in [5.74, 6) is -0.522. The number of aliphatic hydroxyl groups excluding tert-OH is 2. The Balaban J connectivity index is 4.69. The maximum Gasteiger partial charge on any atom is 0.306 e. The summed E-state index contributed by atoms with van der Waals surface area (Å²) in [6, 6.07) is -0.716. The number of allylic oxidation sites excluding steroid dienone is 8. The summed E-state index contributed by atoms with van der Waals surface area (Å²) >= 11 is 0. The fraction of sp³-hybridized carbons (Fsp3) is 0.811. The number of rotatable bonds is 45. The first-order valence-corrected chi connectivity index (χ1v) is 25.4. The lowest BCUT2D eigenvalue weighted by Gasteiger charge is -2.24. The van der Waals surface area contributed by atoms with E-state index in [1.807, 2.05) is 0 Å². The molecule has 3 N–H and O–H groups in total. The summed E-state index contributed by atoms with van der Waals surface area (Å²) in [5.41, 5.74) is 0. The highest BCUT2D eigenvalue weighted by atomic mass is 16.5. The summed E-state index contributed by atoms with van der Waals surface area (Å²) in [4.78, 5) is 26.1. The maximum absolute atomic E-state index is 13.2. The number of hydrogen-bond donors (Lipinski definition) is 3. The molecule has 0 aromatic rings. The highest BCUT2D eigenvalue weighted by molar-refractivity contribution is 5.77. The van der Waals surface area contributed by atoms with Crippen LogP contribution in [0, 0.1) is 0 Å². The number of carbonyl (C=O) groups excluding carboxylic acids is 2. The number of carbonyl (C=O) groups is 2. The van der Waals surface area contributed by atoms with Gasteiger partial charge in [-0.05, 0) is 64.2 Å². The highest BCUT2D eigenvalue weighted by Crippen LogP contribution is 2.17. The molecule has 3 unspecified atom stereocenters. The van der Waals surface area contributed by atoms with E-state index >= 15 is 0 Å². The van der Waals surface area contributed by atoms with Crippen molar-refractivity contribution in [1.29, 1.82) is 0 Å². The molecule has 0 saturated carbocycles. The van der Waals surface area contributed by atoms with Gasteiger partial charge in [-0.1, -0.05) is 223 Å². The fourth-order valence-electron chi connectivity index (χ4n) is 7.54. The van der Waals surface area contributed by atoms with Crippen molar-refractivity contribution in [1.82, 2.24) is 5.32 Å². The zero-order valence-electron chi connectivity index (χ0n) is 39.1. The molecule has 6 nitrogen and oxygen atoms in total. The smallest absolute Gasteiger partial charge is 0.306 e. The van der Waals surface area contributed by atoms with Gasteiger partial charge in [0.05, 0.1) is 25.2 Å². The third-order valence-electron chi connectivity index (χ3n) is 11.4. The van der Waals surface area contributed by atoms with Crippen LogP contribution in [0.1, 0.15) is 252 Å². The standard InChI is InChI=1S/C53H97NO5/c1-4-7-10-13-16-19-22-24-25-26-27-28-30-32-35-38-41-44-49(59-53(58)46-43-40-37-34-31-23-20-17-14-11-8-5-2)47-52(57)54-50(48-55)51(56)45-42-39-36-33-29-21-18-15-12-9-6-3/h16,19,24-25,27-28,32,35,49-51,55-56H,4-15,17-18,20-23,26,29-31,33-34,36-48H2,1-3H3,(H,54,57)/b19-16-,25-24-,28-27-,35-32-. The lowest BCUT2D eigenvalue weighted by Crippen LogP contribution is -2.46. The summed E-state index contributed by atoms with van der Waals surface area (Å²) in [5, 5.41) is 23.7. The van der Waals surface area contributed by atoms with Gasteiger partial charge in [-0.15, -0.1) is 0 Å². The van der Waals surface area contributed by atoms with Crippen molar-refractivity contribution < 1.29 is 24.5 Å². The Kier molecular flexibility index (Phi) is 45.1. The quantitative estimate of drug-likeness (QED) is 0.0323. The molecular weight excluding hydrogens is 731 g/mol. The fourth-order valence-corrected chi connectivity index (χ4v) is 7.54. The van der Waals surface area contributed by atoms with Crippen LogP contribution in [-0.2, 0) is 14.3 Å². The molecule has 0 fully saturated rings. The number of unbranched alkanes of at least 4 members (excludes halogenated alkanes) is 25. The van der Waals surface area contributed by atoms with Crippen LogP contribution in [0.4, 0.5) is 0 Å². The summed E-state index contributed by atoms with van der Waals surface area (Å²) in [6.07, 6.45) is 56.0. The van der Waals surface area contributed by atoms with Gasteiger partial charge in [-0.3, -0.25) is 9.59 Å². The number of aliphatic hydroxyl groups is 2. The maximum atomic E-state index is 13.2. The van der Waals surface area contributed by atoms with Gasteiger partial charge >= 0.3 is 5.97 Å². The molecule has 0 aromatic carbocycles. The number of esters is 1. The lowest BCUT2D eigenvalue weighted by molar-refractivity contribution is -0.151. The van der Waals surface area contributed by atoms with Gasteiger partial charge in [0.25, 0.3) is 0 Å². The molecule has 59 heavy (non-hydrogen) atoms. The van der Waals surface area contributed by atoms with Crippen molar-refractivity contribution >= 4 is 11.9 Å². The minimum absolute atomic E-state index is 0.0421. The van der Waals surface area contributed by atoms with Crippen LogP contribution in [0.25, 0.3) is 0 Å². The first-order chi connectivity index (χ1) is 29.0. The zero-order valence-corrected chi connectivity index (χ0v) is 39.1. The Morgan fingerprint density at radius 3 is 1.34 bits per heavy atom. The van der Waals surface area contributed by atoms with Gasteiger partial charge in [0.2, 0.25) is 5.91 Å². The molecule has 1 amide bonds. The topological polar surface area (TPSA) is 95.9 Å². The van der Waals surface area contributed by atoms with Gasteiger partial charge in [0.15, 0.2) is 0 Å².